The Hall–Kier alpha value is -1.37. The van der Waals surface area contributed by atoms with Gasteiger partial charge in [-0.05, 0) is 22.8 Å². The van der Waals surface area contributed by atoms with Crippen LogP contribution in [0.15, 0.2) is 42.7 Å². The lowest BCUT2D eigenvalue weighted by atomic mass is 10.2. The van der Waals surface area contributed by atoms with Crippen molar-refractivity contribution in [2.75, 3.05) is 0 Å². The quantitative estimate of drug-likeness (QED) is 0.580. The van der Waals surface area contributed by atoms with Crippen molar-refractivity contribution >= 4 is 10.8 Å². The molecule has 0 saturated carbocycles. The Labute approximate surface area is 107 Å². The second-order valence-corrected chi connectivity index (χ2v) is 3.95. The van der Waals surface area contributed by atoms with Crippen molar-refractivity contribution in [3.05, 3.63) is 42.7 Å². The number of hydrogen-bond acceptors (Lipinski definition) is 1. The minimum Gasteiger partial charge on any atom is -0.264 e. The largest absolute Gasteiger partial charge is 0.264 e. The van der Waals surface area contributed by atoms with Gasteiger partial charge in [-0.3, -0.25) is 4.98 Å². The average molecular weight is 233 g/mol. The van der Waals surface area contributed by atoms with Gasteiger partial charge in [-0.1, -0.05) is 66.3 Å². The monoisotopic (exact) mass is 233 g/mol. The minimum absolute atomic E-state index is 0. The molecule has 0 atom stereocenters. The molecule has 0 radical (unpaired) electrons. The molecule has 96 valence electrons. The molecule has 0 aliphatic carbocycles. The first-order valence-electron chi connectivity index (χ1n) is 5.99. The Balaban J connectivity index is 0. The Morgan fingerprint density at radius 2 is 1.35 bits per heavy atom. The molecule has 0 unspecified atom stereocenters. The lowest BCUT2D eigenvalue weighted by molar-refractivity contribution is 0.737. The van der Waals surface area contributed by atoms with Crippen LogP contribution in [0.5, 0.6) is 0 Å². The van der Waals surface area contributed by atoms with Gasteiger partial charge in [0.2, 0.25) is 0 Å². The van der Waals surface area contributed by atoms with E-state index in [9.17, 15) is 0 Å². The predicted octanol–water partition coefficient (Wildman–Crippen LogP) is 5.56. The summed E-state index contributed by atoms with van der Waals surface area (Å²) >= 11 is 0. The topological polar surface area (TPSA) is 12.9 Å². The number of pyridine rings is 1. The Morgan fingerprint density at radius 1 is 0.882 bits per heavy atom. The normalized spacial score (nSPS) is 8.35. The van der Waals surface area contributed by atoms with E-state index in [4.69, 9.17) is 0 Å². The molecule has 0 aliphatic rings. The van der Waals surface area contributed by atoms with Gasteiger partial charge in [0.15, 0.2) is 0 Å². The molecular weight excluding hydrogens is 206 g/mol. The van der Waals surface area contributed by atoms with Crippen LogP contribution in [0.3, 0.4) is 0 Å². The van der Waals surface area contributed by atoms with Crippen molar-refractivity contribution in [1.29, 1.82) is 0 Å². The van der Waals surface area contributed by atoms with E-state index in [1.807, 2.05) is 44.4 Å². The maximum atomic E-state index is 4.01. The SMILES string of the molecule is C.CC.CC(C)C.c1ccc2cnccc2c1. The predicted molar refractivity (Wildman–Crippen MR) is 80.3 cm³/mol. The lowest BCUT2D eigenvalue weighted by Crippen LogP contribution is -1.71. The molecule has 17 heavy (non-hydrogen) atoms. The number of rotatable bonds is 0. The standard InChI is InChI=1S/C9H7N.C4H10.C2H6.CH4/c1-2-4-9-7-10-6-5-8(9)3-1;1-4(2)3;1-2;/h1-7H;4H,1-3H3;1-2H3;1H4. The highest BCUT2D eigenvalue weighted by molar-refractivity contribution is 5.80. The van der Waals surface area contributed by atoms with Gasteiger partial charge in [-0.15, -0.1) is 0 Å². The highest BCUT2D eigenvalue weighted by Gasteiger charge is 1.86. The molecule has 0 aliphatic heterocycles. The number of aromatic nitrogens is 1. The second kappa shape index (κ2) is 11.1. The van der Waals surface area contributed by atoms with E-state index in [-0.39, 0.29) is 7.43 Å². The molecular formula is C16H27N. The van der Waals surface area contributed by atoms with Gasteiger partial charge in [-0.25, -0.2) is 0 Å². The summed E-state index contributed by atoms with van der Waals surface area (Å²) in [5.74, 6) is 0.833. The fourth-order valence-corrected chi connectivity index (χ4v) is 1.03. The number of hydrogen-bond donors (Lipinski definition) is 0. The molecule has 0 saturated heterocycles. The van der Waals surface area contributed by atoms with Gasteiger partial charge < -0.3 is 0 Å². The van der Waals surface area contributed by atoms with Crippen molar-refractivity contribution < 1.29 is 0 Å². The average Bonchev–Trinajstić information content (AvgIpc) is 2.31. The van der Waals surface area contributed by atoms with Gasteiger partial charge in [0.25, 0.3) is 0 Å². The zero-order chi connectivity index (χ0) is 12.4. The van der Waals surface area contributed by atoms with E-state index in [0.717, 1.165) is 5.92 Å². The maximum Gasteiger partial charge on any atom is 0.0346 e. The van der Waals surface area contributed by atoms with Crippen LogP contribution in [0.1, 0.15) is 42.0 Å². The summed E-state index contributed by atoms with van der Waals surface area (Å²) in [7, 11) is 0. The molecule has 0 N–H and O–H groups in total. The van der Waals surface area contributed by atoms with Crippen LogP contribution in [0.2, 0.25) is 0 Å². The Kier molecular flexibility index (Phi) is 11.8. The third-order valence-corrected chi connectivity index (χ3v) is 1.55. The molecule has 0 bridgehead atoms. The van der Waals surface area contributed by atoms with Crippen LogP contribution < -0.4 is 0 Å². The summed E-state index contributed by atoms with van der Waals surface area (Å²) in [5.41, 5.74) is 0. The van der Waals surface area contributed by atoms with E-state index < -0.39 is 0 Å². The highest BCUT2D eigenvalue weighted by atomic mass is 14.6. The van der Waals surface area contributed by atoms with E-state index in [1.165, 1.54) is 10.8 Å². The summed E-state index contributed by atoms with van der Waals surface area (Å²) in [6.45, 7) is 10.5. The Bertz CT molecular complexity index is 312. The van der Waals surface area contributed by atoms with E-state index in [2.05, 4.69) is 37.9 Å². The van der Waals surface area contributed by atoms with Crippen LogP contribution in [0.25, 0.3) is 10.8 Å². The van der Waals surface area contributed by atoms with E-state index in [1.54, 1.807) is 0 Å². The fraction of sp³-hybridized carbons (Fsp3) is 0.438. The molecule has 1 heteroatoms. The fourth-order valence-electron chi connectivity index (χ4n) is 1.03. The molecule has 2 rings (SSSR count). The van der Waals surface area contributed by atoms with E-state index >= 15 is 0 Å². The summed E-state index contributed by atoms with van der Waals surface area (Å²) in [5, 5.41) is 2.45. The second-order valence-electron chi connectivity index (χ2n) is 3.95. The van der Waals surface area contributed by atoms with Gasteiger partial charge >= 0.3 is 0 Å². The Morgan fingerprint density at radius 3 is 1.82 bits per heavy atom. The van der Waals surface area contributed by atoms with E-state index in [0.29, 0.717) is 0 Å². The molecule has 0 amide bonds. The summed E-state index contributed by atoms with van der Waals surface area (Å²) in [6.07, 6.45) is 3.68. The zero-order valence-corrected chi connectivity index (χ0v) is 11.1. The molecule has 1 nitrogen and oxygen atoms in total. The minimum atomic E-state index is 0. The van der Waals surface area contributed by atoms with Gasteiger partial charge in [0.1, 0.15) is 0 Å². The lowest BCUT2D eigenvalue weighted by Gasteiger charge is -1.91. The van der Waals surface area contributed by atoms with Crippen molar-refractivity contribution in [1.82, 2.24) is 4.98 Å². The first-order chi connectivity index (χ1) is 7.70. The third kappa shape index (κ3) is 8.44. The summed E-state index contributed by atoms with van der Waals surface area (Å²) in [6, 6.07) is 10.2. The highest BCUT2D eigenvalue weighted by Crippen LogP contribution is 2.09. The third-order valence-electron chi connectivity index (χ3n) is 1.55. The van der Waals surface area contributed by atoms with Crippen molar-refractivity contribution in [2.45, 2.75) is 42.0 Å². The zero-order valence-electron chi connectivity index (χ0n) is 11.1. The molecule has 2 aromatic rings. The number of benzene rings is 1. The molecule has 1 aromatic carbocycles. The van der Waals surface area contributed by atoms with Gasteiger partial charge in [0.05, 0.1) is 0 Å². The van der Waals surface area contributed by atoms with Crippen molar-refractivity contribution in [2.24, 2.45) is 5.92 Å². The maximum absolute atomic E-state index is 4.01. The summed E-state index contributed by atoms with van der Waals surface area (Å²) in [4.78, 5) is 4.01. The van der Waals surface area contributed by atoms with Gasteiger partial charge in [-0.2, -0.15) is 0 Å². The van der Waals surface area contributed by atoms with Crippen LogP contribution >= 0.6 is 0 Å². The van der Waals surface area contributed by atoms with Crippen molar-refractivity contribution in [3.63, 3.8) is 0 Å². The van der Waals surface area contributed by atoms with Crippen LogP contribution in [-0.4, -0.2) is 4.98 Å². The van der Waals surface area contributed by atoms with Crippen LogP contribution in [-0.2, 0) is 0 Å². The number of fused-ring (bicyclic) bond motifs is 1. The van der Waals surface area contributed by atoms with Gasteiger partial charge in [0, 0.05) is 12.4 Å². The smallest absolute Gasteiger partial charge is 0.0346 e. The molecule has 0 fully saturated rings. The van der Waals surface area contributed by atoms with Crippen LogP contribution in [0.4, 0.5) is 0 Å². The number of nitrogens with zero attached hydrogens (tertiary/aromatic N) is 1. The molecule has 1 heterocycles. The molecule has 1 aromatic heterocycles. The molecule has 0 spiro atoms. The first-order valence-corrected chi connectivity index (χ1v) is 5.99. The van der Waals surface area contributed by atoms with Crippen molar-refractivity contribution in [3.8, 4) is 0 Å². The van der Waals surface area contributed by atoms with Crippen LogP contribution in [0, 0.1) is 5.92 Å². The summed E-state index contributed by atoms with van der Waals surface area (Å²) < 4.78 is 0. The first kappa shape index (κ1) is 18.0.